The Balaban J connectivity index is 1.57. The van der Waals surface area contributed by atoms with Crippen molar-refractivity contribution in [1.82, 2.24) is 15.4 Å². The summed E-state index contributed by atoms with van der Waals surface area (Å²) < 4.78 is 0. The summed E-state index contributed by atoms with van der Waals surface area (Å²) in [6.45, 7) is 0.712. The van der Waals surface area contributed by atoms with Gasteiger partial charge in [-0.2, -0.15) is 5.26 Å². The van der Waals surface area contributed by atoms with Crippen molar-refractivity contribution >= 4 is 11.7 Å². The maximum atomic E-state index is 12.4. The van der Waals surface area contributed by atoms with E-state index in [0.717, 1.165) is 11.1 Å². The van der Waals surface area contributed by atoms with E-state index in [2.05, 4.69) is 26.8 Å². The number of nitriles is 1. The van der Waals surface area contributed by atoms with Crippen LogP contribution in [0.4, 0.5) is 5.82 Å². The van der Waals surface area contributed by atoms with Gasteiger partial charge in [-0.25, -0.2) is 10.5 Å². The lowest BCUT2D eigenvalue weighted by Crippen LogP contribution is -2.25. The van der Waals surface area contributed by atoms with Crippen molar-refractivity contribution in [2.75, 3.05) is 5.32 Å². The van der Waals surface area contributed by atoms with E-state index in [4.69, 9.17) is 10.1 Å². The monoisotopic (exact) mass is 359 g/mol. The Morgan fingerprint density at radius 1 is 1.04 bits per heavy atom. The summed E-state index contributed by atoms with van der Waals surface area (Å²) in [4.78, 5) is 25.9. The molecule has 1 aromatic carbocycles. The minimum absolute atomic E-state index is 0.192. The second kappa shape index (κ2) is 9.08. The Hall–Kier alpha value is -3.76. The molecule has 27 heavy (non-hydrogen) atoms. The molecular weight excluding hydrogens is 342 g/mol. The highest BCUT2D eigenvalue weighted by atomic mass is 16.6. The van der Waals surface area contributed by atoms with Crippen LogP contribution in [0.5, 0.6) is 0 Å². The molecule has 0 fully saturated rings. The van der Waals surface area contributed by atoms with Gasteiger partial charge in [0.2, 0.25) is 0 Å². The lowest BCUT2D eigenvalue weighted by Gasteiger charge is -2.11. The molecule has 0 saturated heterocycles. The molecule has 134 valence electrons. The van der Waals surface area contributed by atoms with E-state index in [1.807, 2.05) is 12.1 Å². The van der Waals surface area contributed by atoms with E-state index in [9.17, 15) is 4.79 Å². The number of pyridine rings is 2. The summed E-state index contributed by atoms with van der Waals surface area (Å²) in [6, 6.07) is 16.1. The molecule has 0 spiro atoms. The minimum Gasteiger partial charge on any atom is -0.365 e. The number of benzene rings is 1. The summed E-state index contributed by atoms with van der Waals surface area (Å²) in [5, 5.41) is 11.9. The average molecular weight is 359 g/mol. The van der Waals surface area contributed by atoms with Crippen LogP contribution < -0.4 is 10.8 Å². The molecule has 2 heterocycles. The molecule has 0 aliphatic rings. The van der Waals surface area contributed by atoms with Crippen LogP contribution in [0.15, 0.2) is 67.1 Å². The summed E-state index contributed by atoms with van der Waals surface area (Å²) >= 11 is 0. The van der Waals surface area contributed by atoms with Crippen molar-refractivity contribution in [1.29, 1.82) is 5.26 Å². The van der Waals surface area contributed by atoms with Crippen molar-refractivity contribution < 1.29 is 9.63 Å². The molecule has 2 N–H and O–H groups in total. The number of hydrogen-bond donors (Lipinski definition) is 2. The first-order valence-corrected chi connectivity index (χ1v) is 8.25. The third-order valence-corrected chi connectivity index (χ3v) is 3.75. The van der Waals surface area contributed by atoms with Crippen molar-refractivity contribution in [3.8, 4) is 6.07 Å². The number of carbonyl (C=O) groups excluding carboxylic acids is 1. The maximum absolute atomic E-state index is 12.4. The number of anilines is 1. The van der Waals surface area contributed by atoms with E-state index in [1.54, 1.807) is 55.0 Å². The van der Waals surface area contributed by atoms with Gasteiger partial charge in [0, 0.05) is 25.1 Å². The first-order chi connectivity index (χ1) is 13.3. The lowest BCUT2D eigenvalue weighted by molar-refractivity contribution is 0.0234. The molecule has 7 nitrogen and oxygen atoms in total. The topological polar surface area (TPSA) is 99.9 Å². The number of hydrogen-bond acceptors (Lipinski definition) is 6. The Morgan fingerprint density at radius 3 is 2.56 bits per heavy atom. The molecule has 7 heteroatoms. The number of hydroxylamine groups is 1. The van der Waals surface area contributed by atoms with Gasteiger partial charge < -0.3 is 5.32 Å². The normalized spacial score (nSPS) is 10.0. The third kappa shape index (κ3) is 5.11. The molecule has 0 aliphatic heterocycles. The second-order valence-electron chi connectivity index (χ2n) is 5.64. The number of nitrogens with one attached hydrogen (secondary N) is 2. The maximum Gasteiger partial charge on any atom is 0.278 e. The molecule has 3 aromatic rings. The van der Waals surface area contributed by atoms with E-state index < -0.39 is 5.91 Å². The Labute approximate surface area is 156 Å². The van der Waals surface area contributed by atoms with Gasteiger partial charge in [0.15, 0.2) is 0 Å². The predicted octanol–water partition coefficient (Wildman–Crippen LogP) is 2.82. The van der Waals surface area contributed by atoms with Gasteiger partial charge in [0.25, 0.3) is 5.91 Å². The first kappa shape index (κ1) is 18.0. The van der Waals surface area contributed by atoms with Gasteiger partial charge >= 0.3 is 0 Å². The Bertz CT molecular complexity index is 937. The second-order valence-corrected chi connectivity index (χ2v) is 5.64. The highest BCUT2D eigenvalue weighted by molar-refractivity contribution is 5.98. The van der Waals surface area contributed by atoms with E-state index in [-0.39, 0.29) is 6.61 Å². The van der Waals surface area contributed by atoms with Gasteiger partial charge in [-0.15, -0.1) is 0 Å². The van der Waals surface area contributed by atoms with Crippen LogP contribution in [0.1, 0.15) is 27.0 Å². The quantitative estimate of drug-likeness (QED) is 0.629. The van der Waals surface area contributed by atoms with Gasteiger partial charge in [0.05, 0.1) is 23.8 Å². The predicted molar refractivity (Wildman–Crippen MR) is 99.2 cm³/mol. The molecule has 0 aliphatic carbocycles. The number of rotatable bonds is 7. The lowest BCUT2D eigenvalue weighted by atomic mass is 10.2. The molecule has 0 bridgehead atoms. The van der Waals surface area contributed by atoms with Crippen LogP contribution >= 0.6 is 0 Å². The SMILES string of the molecule is N#Cc1ccc(CONC(=O)c2cccnc2NCc2ccncc2)cc1. The molecule has 0 unspecified atom stereocenters. The molecule has 2 aromatic heterocycles. The molecule has 0 saturated carbocycles. The van der Waals surface area contributed by atoms with E-state index in [0.29, 0.717) is 23.5 Å². The summed E-state index contributed by atoms with van der Waals surface area (Å²) in [6.07, 6.45) is 5.03. The fourth-order valence-corrected chi connectivity index (χ4v) is 2.33. The summed E-state index contributed by atoms with van der Waals surface area (Å²) in [5.41, 5.74) is 5.24. The Kier molecular flexibility index (Phi) is 6.07. The van der Waals surface area contributed by atoms with Crippen LogP contribution in [0.3, 0.4) is 0 Å². The summed E-state index contributed by atoms with van der Waals surface area (Å²) in [5.74, 6) is 0.0720. The number of aromatic nitrogens is 2. The van der Waals surface area contributed by atoms with Crippen molar-refractivity contribution in [3.05, 3.63) is 89.4 Å². The third-order valence-electron chi connectivity index (χ3n) is 3.75. The highest BCUT2D eigenvalue weighted by Crippen LogP contribution is 2.13. The minimum atomic E-state index is -0.394. The highest BCUT2D eigenvalue weighted by Gasteiger charge is 2.12. The van der Waals surface area contributed by atoms with Crippen molar-refractivity contribution in [3.63, 3.8) is 0 Å². The standard InChI is InChI=1S/C20H17N5O2/c21-12-15-3-5-17(6-4-15)14-27-25-20(26)18-2-1-9-23-19(18)24-13-16-7-10-22-11-8-16/h1-11H,13-14H2,(H,23,24)(H,25,26). The molecule has 0 radical (unpaired) electrons. The molecular formula is C20H17N5O2. The van der Waals surface area contributed by atoms with Crippen molar-refractivity contribution in [2.24, 2.45) is 0 Å². The van der Waals surface area contributed by atoms with Gasteiger partial charge in [0.1, 0.15) is 5.82 Å². The molecule has 1 amide bonds. The zero-order valence-electron chi connectivity index (χ0n) is 14.4. The van der Waals surface area contributed by atoms with Crippen LogP contribution in [-0.4, -0.2) is 15.9 Å². The van der Waals surface area contributed by atoms with Crippen molar-refractivity contribution in [2.45, 2.75) is 13.2 Å². The average Bonchev–Trinajstić information content (AvgIpc) is 2.73. The van der Waals surface area contributed by atoms with E-state index in [1.165, 1.54) is 0 Å². The van der Waals surface area contributed by atoms with Crippen LogP contribution in [-0.2, 0) is 18.0 Å². The van der Waals surface area contributed by atoms with Gasteiger partial charge in [-0.05, 0) is 47.5 Å². The zero-order chi connectivity index (χ0) is 18.9. The van der Waals surface area contributed by atoms with Gasteiger partial charge in [-0.3, -0.25) is 14.6 Å². The smallest absolute Gasteiger partial charge is 0.278 e. The number of amides is 1. The summed E-state index contributed by atoms with van der Waals surface area (Å²) in [7, 11) is 0. The Morgan fingerprint density at radius 2 is 1.81 bits per heavy atom. The van der Waals surface area contributed by atoms with Crippen LogP contribution in [0.25, 0.3) is 0 Å². The molecule has 3 rings (SSSR count). The molecule has 0 atom stereocenters. The van der Waals surface area contributed by atoms with E-state index >= 15 is 0 Å². The van der Waals surface area contributed by atoms with Crippen LogP contribution in [0, 0.1) is 11.3 Å². The van der Waals surface area contributed by atoms with Gasteiger partial charge in [-0.1, -0.05) is 12.1 Å². The van der Waals surface area contributed by atoms with Crippen LogP contribution in [0.2, 0.25) is 0 Å². The fourth-order valence-electron chi connectivity index (χ4n) is 2.33. The first-order valence-electron chi connectivity index (χ1n) is 8.25. The number of nitrogens with zero attached hydrogens (tertiary/aromatic N) is 3. The zero-order valence-corrected chi connectivity index (χ0v) is 14.4. The number of carbonyl (C=O) groups is 1. The fraction of sp³-hybridized carbons (Fsp3) is 0.100. The largest absolute Gasteiger partial charge is 0.365 e.